The number of esters is 1. The van der Waals surface area contributed by atoms with Crippen molar-refractivity contribution in [2.45, 2.75) is 52.0 Å². The number of carbonyl (C=O) groups excluding carboxylic acids is 2. The molecule has 134 valence electrons. The Hall–Kier alpha value is -2.30. The molecule has 2 aromatic rings. The van der Waals surface area contributed by atoms with Gasteiger partial charge in [-0.25, -0.2) is 4.79 Å². The average molecular weight is 343 g/mol. The molecular formula is C20H25NO4. The van der Waals surface area contributed by atoms with Crippen LogP contribution < -0.4 is 0 Å². The van der Waals surface area contributed by atoms with Crippen LogP contribution in [0.15, 0.2) is 28.7 Å². The molecule has 3 rings (SSSR count). The van der Waals surface area contributed by atoms with Crippen molar-refractivity contribution in [3.63, 3.8) is 0 Å². The molecule has 2 heterocycles. The zero-order chi connectivity index (χ0) is 18.0. The second-order valence-electron chi connectivity index (χ2n) is 6.81. The van der Waals surface area contributed by atoms with Gasteiger partial charge < -0.3 is 14.1 Å². The van der Waals surface area contributed by atoms with Gasteiger partial charge >= 0.3 is 5.97 Å². The van der Waals surface area contributed by atoms with Gasteiger partial charge in [0.05, 0.1) is 6.61 Å². The van der Waals surface area contributed by atoms with Crippen molar-refractivity contribution in [2.75, 3.05) is 13.2 Å². The molecule has 0 saturated carbocycles. The third-order valence-corrected chi connectivity index (χ3v) is 5.14. The molecule has 1 fully saturated rings. The molecule has 0 aliphatic carbocycles. The molecule has 5 heteroatoms. The number of likely N-dealkylation sites (tertiary alicyclic amines) is 1. The minimum Gasteiger partial charge on any atom is -0.464 e. The average Bonchev–Trinajstić information content (AvgIpc) is 2.81. The Bertz CT molecular complexity index is 794. The van der Waals surface area contributed by atoms with Gasteiger partial charge in [-0.3, -0.25) is 4.79 Å². The third kappa shape index (κ3) is 3.03. The molecule has 5 nitrogen and oxygen atoms in total. The first-order valence-corrected chi connectivity index (χ1v) is 8.96. The van der Waals surface area contributed by atoms with Gasteiger partial charge in [-0.15, -0.1) is 0 Å². The molecule has 0 spiro atoms. The topological polar surface area (TPSA) is 59.8 Å². The summed E-state index contributed by atoms with van der Waals surface area (Å²) >= 11 is 0. The second-order valence-corrected chi connectivity index (χ2v) is 6.81. The zero-order valence-corrected chi connectivity index (χ0v) is 15.1. The summed E-state index contributed by atoms with van der Waals surface area (Å²) in [6.07, 6.45) is 3.38. The summed E-state index contributed by atoms with van der Waals surface area (Å²) in [6.45, 7) is 6.32. The molecular weight excluding hydrogens is 318 g/mol. The molecule has 0 bridgehead atoms. The van der Waals surface area contributed by atoms with E-state index < -0.39 is 5.54 Å². The van der Waals surface area contributed by atoms with E-state index in [1.54, 1.807) is 11.8 Å². The van der Waals surface area contributed by atoms with Crippen molar-refractivity contribution in [1.82, 2.24) is 4.90 Å². The molecule has 25 heavy (non-hydrogen) atoms. The lowest BCUT2D eigenvalue weighted by Gasteiger charge is -2.37. The van der Waals surface area contributed by atoms with Crippen LogP contribution in [0.3, 0.4) is 0 Å². The van der Waals surface area contributed by atoms with Gasteiger partial charge in [-0.1, -0.05) is 31.0 Å². The lowest BCUT2D eigenvalue weighted by atomic mass is 9.93. The molecule has 1 aliphatic rings. The van der Waals surface area contributed by atoms with Crippen molar-refractivity contribution in [3.8, 4) is 0 Å². The normalized spacial score (nSPS) is 21.2. The number of fused-ring (bicyclic) bond motifs is 1. The van der Waals surface area contributed by atoms with E-state index in [2.05, 4.69) is 0 Å². The van der Waals surface area contributed by atoms with E-state index in [-0.39, 0.29) is 11.9 Å². The van der Waals surface area contributed by atoms with E-state index in [1.165, 1.54) is 0 Å². The van der Waals surface area contributed by atoms with Crippen molar-refractivity contribution in [2.24, 2.45) is 0 Å². The quantitative estimate of drug-likeness (QED) is 0.788. The number of ether oxygens (including phenoxy) is 1. The van der Waals surface area contributed by atoms with Crippen LogP contribution in [0.25, 0.3) is 11.0 Å². The Morgan fingerprint density at radius 2 is 2.00 bits per heavy atom. The molecule has 0 N–H and O–H groups in total. The fourth-order valence-corrected chi connectivity index (χ4v) is 3.62. The Balaban J connectivity index is 2.02. The molecule has 1 atom stereocenters. The van der Waals surface area contributed by atoms with Gasteiger partial charge in [0.15, 0.2) is 5.76 Å². The Morgan fingerprint density at radius 3 is 2.72 bits per heavy atom. The number of para-hydroxylation sites is 1. The van der Waals surface area contributed by atoms with Crippen LogP contribution in [0, 0.1) is 6.92 Å². The number of carbonyl (C=O) groups is 2. The largest absolute Gasteiger partial charge is 0.464 e. The fraction of sp³-hybridized carbons (Fsp3) is 0.500. The van der Waals surface area contributed by atoms with E-state index >= 15 is 0 Å². The Kier molecular flexibility index (Phi) is 4.84. The van der Waals surface area contributed by atoms with Crippen molar-refractivity contribution >= 4 is 22.8 Å². The number of hydrogen-bond donors (Lipinski definition) is 0. The Labute approximate surface area is 147 Å². The highest BCUT2D eigenvalue weighted by Gasteiger charge is 2.45. The van der Waals surface area contributed by atoms with Gasteiger partial charge in [0.2, 0.25) is 0 Å². The van der Waals surface area contributed by atoms with Gasteiger partial charge in [0, 0.05) is 17.5 Å². The minimum absolute atomic E-state index is 0.230. The Morgan fingerprint density at radius 1 is 1.24 bits per heavy atom. The highest BCUT2D eigenvalue weighted by atomic mass is 16.5. The molecule has 0 radical (unpaired) electrons. The molecule has 1 aromatic carbocycles. The minimum atomic E-state index is -0.949. The van der Waals surface area contributed by atoms with Gasteiger partial charge in [-0.05, 0) is 39.7 Å². The van der Waals surface area contributed by atoms with Crippen LogP contribution in [0.2, 0.25) is 0 Å². The van der Waals surface area contributed by atoms with Crippen LogP contribution >= 0.6 is 0 Å². The first-order chi connectivity index (χ1) is 12.0. The second kappa shape index (κ2) is 6.90. The summed E-state index contributed by atoms with van der Waals surface area (Å²) < 4.78 is 11.1. The summed E-state index contributed by atoms with van der Waals surface area (Å²) in [5.41, 5.74) is 0.557. The lowest BCUT2D eigenvalue weighted by Crippen LogP contribution is -2.55. The maximum atomic E-state index is 13.3. The van der Waals surface area contributed by atoms with Crippen molar-refractivity contribution < 1.29 is 18.7 Å². The number of furan rings is 1. The third-order valence-electron chi connectivity index (χ3n) is 5.14. The maximum Gasteiger partial charge on any atom is 0.331 e. The number of rotatable bonds is 3. The summed E-state index contributed by atoms with van der Waals surface area (Å²) in [7, 11) is 0. The monoisotopic (exact) mass is 343 g/mol. The fourth-order valence-electron chi connectivity index (χ4n) is 3.62. The van der Waals surface area contributed by atoms with Crippen LogP contribution in [0.4, 0.5) is 0 Å². The number of amides is 1. The summed E-state index contributed by atoms with van der Waals surface area (Å²) in [5, 5.41) is 0.929. The number of aryl methyl sites for hydroxylation is 1. The van der Waals surface area contributed by atoms with Gasteiger partial charge in [-0.2, -0.15) is 0 Å². The van der Waals surface area contributed by atoms with Crippen LogP contribution in [0.1, 0.15) is 55.6 Å². The first-order valence-electron chi connectivity index (χ1n) is 8.96. The highest BCUT2D eigenvalue weighted by molar-refractivity contribution is 6.01. The van der Waals surface area contributed by atoms with Crippen molar-refractivity contribution in [3.05, 3.63) is 35.6 Å². The number of hydrogen-bond acceptors (Lipinski definition) is 4. The van der Waals surface area contributed by atoms with Crippen LogP contribution in [-0.2, 0) is 9.53 Å². The molecule has 1 unspecified atom stereocenters. The standard InChI is InChI=1S/C20H25NO4/c1-4-24-19(23)20(3)12-8-5-9-13-21(20)18(22)17-14(2)15-10-6-7-11-16(15)25-17/h6-7,10-11H,4-5,8-9,12-13H2,1-3H3. The molecule has 1 saturated heterocycles. The molecule has 1 aromatic heterocycles. The van der Waals surface area contributed by atoms with Crippen LogP contribution in [0.5, 0.6) is 0 Å². The van der Waals surface area contributed by atoms with E-state index in [9.17, 15) is 9.59 Å². The van der Waals surface area contributed by atoms with Crippen molar-refractivity contribution in [1.29, 1.82) is 0 Å². The van der Waals surface area contributed by atoms with Gasteiger partial charge in [0.25, 0.3) is 5.91 Å². The van der Waals surface area contributed by atoms with E-state index in [1.807, 2.05) is 38.1 Å². The van der Waals surface area contributed by atoms with Gasteiger partial charge in [0.1, 0.15) is 11.1 Å². The maximum absolute atomic E-state index is 13.3. The highest BCUT2D eigenvalue weighted by Crippen LogP contribution is 2.33. The molecule has 1 amide bonds. The smallest absolute Gasteiger partial charge is 0.331 e. The van der Waals surface area contributed by atoms with E-state index in [4.69, 9.17) is 9.15 Å². The summed E-state index contributed by atoms with van der Waals surface area (Å²) in [5.74, 6) is -0.246. The van der Waals surface area contributed by atoms with Crippen LogP contribution in [-0.4, -0.2) is 35.5 Å². The molecule has 1 aliphatic heterocycles. The lowest BCUT2D eigenvalue weighted by molar-refractivity contribution is -0.155. The predicted octanol–water partition coefficient (Wildman–Crippen LogP) is 4.08. The SMILES string of the molecule is CCOC(=O)C1(C)CCCCCN1C(=O)c1oc2ccccc2c1C. The zero-order valence-electron chi connectivity index (χ0n) is 15.1. The number of benzene rings is 1. The van der Waals surface area contributed by atoms with E-state index in [0.29, 0.717) is 30.9 Å². The first kappa shape index (κ1) is 17.5. The predicted molar refractivity (Wildman–Crippen MR) is 95.5 cm³/mol. The summed E-state index contributed by atoms with van der Waals surface area (Å²) in [6, 6.07) is 7.60. The number of nitrogens with zero attached hydrogens (tertiary/aromatic N) is 1. The van der Waals surface area contributed by atoms with E-state index in [0.717, 1.165) is 30.2 Å². The summed E-state index contributed by atoms with van der Waals surface area (Å²) in [4.78, 5) is 27.6.